The first-order chi connectivity index (χ1) is 29.6. The summed E-state index contributed by atoms with van der Waals surface area (Å²) in [6, 6.07) is 2.47. The van der Waals surface area contributed by atoms with E-state index in [2.05, 4.69) is 23.6 Å². The van der Waals surface area contributed by atoms with E-state index in [1.807, 2.05) is 0 Å². The van der Waals surface area contributed by atoms with Crippen LogP contribution in [0.4, 0.5) is 41.6 Å². The molecule has 16 nitrogen and oxygen atoms in total. The number of alkyl carbamates (subject to hydrolysis) is 2. The first-order valence-electron chi connectivity index (χ1n) is 20.6. The van der Waals surface area contributed by atoms with Gasteiger partial charge in [0.25, 0.3) is 0 Å². The van der Waals surface area contributed by atoms with Gasteiger partial charge in [-0.1, -0.05) is 29.8 Å². The Balaban J connectivity index is 0.000000488. The maximum atomic E-state index is 12.4. The zero-order valence-corrected chi connectivity index (χ0v) is 39.5. The average Bonchev–Trinajstić information content (AvgIpc) is 3.14. The number of amides is 2. The highest BCUT2D eigenvalue weighted by Crippen LogP contribution is 2.38. The minimum absolute atomic E-state index is 0.238. The normalized spacial score (nSPS) is 17.2. The molecular formula is C41H61F6N3O13S2. The van der Waals surface area contributed by atoms with E-state index < -0.39 is 81.9 Å². The number of esters is 2. The molecule has 0 aromatic heterocycles. The lowest BCUT2D eigenvalue weighted by Crippen LogP contribution is -2.49. The summed E-state index contributed by atoms with van der Waals surface area (Å²) >= 11 is 0. The first-order valence-corrected chi connectivity index (χ1v) is 23.5. The van der Waals surface area contributed by atoms with Crippen molar-refractivity contribution in [2.45, 2.75) is 154 Å². The molecule has 0 bridgehead atoms. The molecule has 1 aromatic carbocycles. The molecule has 3 atom stereocenters. The second kappa shape index (κ2) is 24.8. The SMILES string of the molecule is CCOC(=O)[C@H](CC1CC=C(C)CC1)NC(=O)OC(C)(C)C.CCOC(=O)[C@H](CC1CCC(=O)CC1)NC(=O)OC(C)(C)C.O=S(=O)(N(c1ccccc1)S(=O)(=O)C(F)(F)F)C(F)(F)F. The highest BCUT2D eigenvalue weighted by Gasteiger charge is 2.61. The van der Waals surface area contributed by atoms with E-state index >= 15 is 0 Å². The molecule has 2 aliphatic carbocycles. The van der Waals surface area contributed by atoms with E-state index in [9.17, 15) is 67.2 Å². The Morgan fingerprint density at radius 2 is 1.06 bits per heavy atom. The Kier molecular flexibility index (Phi) is 22.3. The highest BCUT2D eigenvalue weighted by atomic mass is 32.3. The van der Waals surface area contributed by atoms with Crippen molar-refractivity contribution < 1.29 is 86.1 Å². The van der Waals surface area contributed by atoms with E-state index in [4.69, 9.17) is 18.9 Å². The molecule has 1 fully saturated rings. The number of nitrogens with one attached hydrogen (secondary N) is 2. The fourth-order valence-electron chi connectivity index (χ4n) is 6.09. The predicted octanol–water partition coefficient (Wildman–Crippen LogP) is 8.36. The van der Waals surface area contributed by atoms with Gasteiger partial charge < -0.3 is 29.6 Å². The fraction of sp³-hybridized carbons (Fsp3) is 0.683. The Morgan fingerprint density at radius 3 is 1.40 bits per heavy atom. The number of hydrogen-bond donors (Lipinski definition) is 2. The summed E-state index contributed by atoms with van der Waals surface area (Å²) in [6.07, 6.45) is 7.70. The Hall–Kier alpha value is -4.61. The number of carbonyl (C=O) groups excluding carboxylic acids is 5. The number of halogens is 6. The topological polar surface area (TPSA) is 218 Å². The quantitative estimate of drug-likeness (QED) is 0.0823. The number of nitrogens with zero attached hydrogens (tertiary/aromatic N) is 1. The predicted molar refractivity (Wildman–Crippen MR) is 226 cm³/mol. The molecular weight excluding hydrogens is 921 g/mol. The molecule has 2 amide bonds. The molecule has 0 saturated heterocycles. The van der Waals surface area contributed by atoms with Gasteiger partial charge in [-0.2, -0.15) is 43.2 Å². The van der Waals surface area contributed by atoms with E-state index in [0.717, 1.165) is 50.3 Å². The first kappa shape index (κ1) is 58.4. The van der Waals surface area contributed by atoms with Crippen molar-refractivity contribution in [2.24, 2.45) is 11.8 Å². The number of anilines is 1. The van der Waals surface area contributed by atoms with Crippen LogP contribution < -0.4 is 14.3 Å². The van der Waals surface area contributed by atoms with Gasteiger partial charge in [-0.05, 0) is 131 Å². The number of hydrogen-bond acceptors (Lipinski definition) is 13. The summed E-state index contributed by atoms with van der Waals surface area (Å²) in [6.45, 7) is 16.8. The molecule has 0 heterocycles. The zero-order chi connectivity index (χ0) is 50.2. The maximum Gasteiger partial charge on any atom is 0.517 e. The van der Waals surface area contributed by atoms with Crippen molar-refractivity contribution >= 4 is 55.6 Å². The second-order valence-electron chi connectivity index (χ2n) is 17.0. The summed E-state index contributed by atoms with van der Waals surface area (Å²) in [7, 11) is -13.6. The van der Waals surface area contributed by atoms with Crippen molar-refractivity contribution in [1.29, 1.82) is 0 Å². The van der Waals surface area contributed by atoms with Crippen molar-refractivity contribution in [3.63, 3.8) is 0 Å². The van der Waals surface area contributed by atoms with Crippen LogP contribution in [0.15, 0.2) is 42.0 Å². The smallest absolute Gasteiger partial charge is 0.464 e. The number of para-hydroxylation sites is 1. The van der Waals surface area contributed by atoms with Crippen molar-refractivity contribution in [2.75, 3.05) is 16.9 Å². The monoisotopic (exact) mass is 981 g/mol. The molecule has 0 aliphatic heterocycles. The van der Waals surface area contributed by atoms with Crippen LogP contribution in [0.5, 0.6) is 0 Å². The number of rotatable bonds is 13. The number of carbonyl (C=O) groups is 5. The number of sulfonamides is 2. The molecule has 65 heavy (non-hydrogen) atoms. The number of benzene rings is 1. The number of ether oxygens (including phenoxy) is 4. The number of ketones is 1. The van der Waals surface area contributed by atoms with Crippen LogP contribution in [-0.4, -0.2) is 94.3 Å². The van der Waals surface area contributed by atoms with Crippen LogP contribution in [0.3, 0.4) is 0 Å². The van der Waals surface area contributed by atoms with Crippen molar-refractivity contribution in [1.82, 2.24) is 10.6 Å². The summed E-state index contributed by atoms with van der Waals surface area (Å²) < 4.78 is 138. The third-order valence-electron chi connectivity index (χ3n) is 9.06. The molecule has 24 heteroatoms. The molecule has 2 aliphatic rings. The van der Waals surface area contributed by atoms with Crippen LogP contribution in [0.2, 0.25) is 0 Å². The summed E-state index contributed by atoms with van der Waals surface area (Å²) in [4.78, 5) is 59.2. The van der Waals surface area contributed by atoms with Gasteiger partial charge >= 0.3 is 55.2 Å². The van der Waals surface area contributed by atoms with Gasteiger partial charge in [0.15, 0.2) is 0 Å². The zero-order valence-electron chi connectivity index (χ0n) is 37.9. The minimum Gasteiger partial charge on any atom is -0.464 e. The lowest BCUT2D eigenvalue weighted by molar-refractivity contribution is -0.147. The fourth-order valence-corrected chi connectivity index (χ4v) is 8.81. The average molecular weight is 982 g/mol. The van der Waals surface area contributed by atoms with Gasteiger partial charge in [0.05, 0.1) is 18.9 Å². The number of Topliss-reactive ketones (excluding diaryl/α,β-unsaturated/α-hetero) is 1. The maximum absolute atomic E-state index is 12.4. The van der Waals surface area contributed by atoms with Crippen LogP contribution >= 0.6 is 0 Å². The van der Waals surface area contributed by atoms with Crippen LogP contribution in [-0.2, 0) is 53.4 Å². The van der Waals surface area contributed by atoms with Gasteiger partial charge in [0, 0.05) is 12.8 Å². The third-order valence-corrected chi connectivity index (χ3v) is 12.7. The van der Waals surface area contributed by atoms with Gasteiger partial charge in [0.2, 0.25) is 0 Å². The second-order valence-corrected chi connectivity index (χ2v) is 20.8. The lowest BCUT2D eigenvalue weighted by atomic mass is 9.84. The Labute approximate surface area is 376 Å². The van der Waals surface area contributed by atoms with Crippen LogP contribution in [0.25, 0.3) is 0 Å². The van der Waals surface area contributed by atoms with Crippen LogP contribution in [0, 0.1) is 11.8 Å². The van der Waals surface area contributed by atoms with Crippen molar-refractivity contribution in [3.05, 3.63) is 42.0 Å². The Morgan fingerprint density at radius 1 is 0.677 bits per heavy atom. The third kappa shape index (κ3) is 20.6. The largest absolute Gasteiger partial charge is 0.517 e. The lowest BCUT2D eigenvalue weighted by Gasteiger charge is -2.27. The van der Waals surface area contributed by atoms with E-state index in [1.54, 1.807) is 55.4 Å². The van der Waals surface area contributed by atoms with Gasteiger partial charge in [-0.3, -0.25) is 4.79 Å². The van der Waals surface area contributed by atoms with E-state index in [-0.39, 0.29) is 24.3 Å². The molecule has 3 rings (SSSR count). The van der Waals surface area contributed by atoms with Crippen molar-refractivity contribution in [3.8, 4) is 0 Å². The number of allylic oxidation sites excluding steroid dienone is 2. The van der Waals surface area contributed by atoms with Gasteiger partial charge in [0.1, 0.15) is 29.1 Å². The Bertz CT molecular complexity index is 1950. The molecule has 372 valence electrons. The molecule has 1 saturated carbocycles. The van der Waals surface area contributed by atoms with E-state index in [1.165, 1.54) is 5.57 Å². The van der Waals surface area contributed by atoms with Crippen LogP contribution in [0.1, 0.15) is 120 Å². The van der Waals surface area contributed by atoms with E-state index in [0.29, 0.717) is 50.3 Å². The molecule has 2 N–H and O–H groups in total. The molecule has 1 unspecified atom stereocenters. The highest BCUT2D eigenvalue weighted by molar-refractivity contribution is 8.11. The molecule has 0 radical (unpaired) electrons. The molecule has 1 aromatic rings. The van der Waals surface area contributed by atoms with Gasteiger partial charge in [-0.25, -0.2) is 19.2 Å². The molecule has 0 spiro atoms. The minimum atomic E-state index is -6.81. The van der Waals surface area contributed by atoms with Gasteiger partial charge in [-0.15, -0.1) is 3.71 Å². The summed E-state index contributed by atoms with van der Waals surface area (Å²) in [5, 5.41) is 5.26. The summed E-state index contributed by atoms with van der Waals surface area (Å²) in [5.41, 5.74) is -13.6. The summed E-state index contributed by atoms with van der Waals surface area (Å²) in [5.74, 6) is 0.0454. The standard InChI is InChI=1S/C17H29NO4.C16H27NO5.C8H5F6NO4S2/c1-6-21-15(19)14(18-16(20)22-17(3,4)5)11-13-9-7-12(2)8-10-13;1-5-21-14(19)13(17-15(20)22-16(2,3)4)10-11-6-8-12(18)9-7-11;9-7(10,11)20(16,17)15(6-4-2-1-3-5-6)21(18,19)8(12,13)14/h7,13-14H,6,8-11H2,1-5H3,(H,18,20);11,13H,5-10H2,1-4H3,(H,17,20);1-5H/t13?,14-;13-;/m00./s1. The number of alkyl halides is 6.